The predicted octanol–water partition coefficient (Wildman–Crippen LogP) is 2.22. The SMILES string of the molecule is O=c1[nH]c2c(S(=O)(=O)c3cc(F)c4cnn(-c5cc[nH]c5)c4c3)ccc(Cl)c2c(=O)n1O. The van der Waals surface area contributed by atoms with Crippen molar-refractivity contribution in [2.75, 3.05) is 0 Å². The summed E-state index contributed by atoms with van der Waals surface area (Å²) in [6, 6.07) is 5.95. The van der Waals surface area contributed by atoms with Crippen molar-refractivity contribution >= 4 is 43.2 Å². The van der Waals surface area contributed by atoms with Crippen LogP contribution in [0.5, 0.6) is 0 Å². The van der Waals surface area contributed by atoms with Crippen molar-refractivity contribution in [1.82, 2.24) is 24.5 Å². The Morgan fingerprint density at radius 2 is 1.94 bits per heavy atom. The number of H-pyrrole nitrogens is 2. The zero-order chi connectivity index (χ0) is 22.8. The summed E-state index contributed by atoms with van der Waals surface area (Å²) in [5.41, 5.74) is -2.12. The molecule has 162 valence electrons. The zero-order valence-electron chi connectivity index (χ0n) is 15.7. The smallest absolute Gasteiger partial charge is 0.362 e. The average molecular weight is 476 g/mol. The van der Waals surface area contributed by atoms with Crippen LogP contribution in [-0.4, -0.2) is 38.1 Å². The molecule has 0 bridgehead atoms. The molecule has 0 amide bonds. The summed E-state index contributed by atoms with van der Waals surface area (Å²) >= 11 is 6.01. The van der Waals surface area contributed by atoms with E-state index in [2.05, 4.69) is 15.1 Å². The summed E-state index contributed by atoms with van der Waals surface area (Å²) in [5.74, 6) is -0.827. The second kappa shape index (κ2) is 6.80. The molecule has 0 fully saturated rings. The Morgan fingerprint density at radius 3 is 2.66 bits per heavy atom. The maximum absolute atomic E-state index is 14.8. The van der Waals surface area contributed by atoms with Crippen molar-refractivity contribution in [3.8, 4) is 5.69 Å². The van der Waals surface area contributed by atoms with Crippen molar-refractivity contribution in [1.29, 1.82) is 0 Å². The van der Waals surface area contributed by atoms with Crippen LogP contribution in [0, 0.1) is 5.82 Å². The normalized spacial score (nSPS) is 12.1. The lowest BCUT2D eigenvalue weighted by Crippen LogP contribution is -2.33. The van der Waals surface area contributed by atoms with E-state index >= 15 is 0 Å². The van der Waals surface area contributed by atoms with E-state index in [1.54, 1.807) is 18.5 Å². The molecule has 0 saturated carbocycles. The highest BCUT2D eigenvalue weighted by Gasteiger charge is 2.26. The lowest BCUT2D eigenvalue weighted by Gasteiger charge is -2.10. The van der Waals surface area contributed by atoms with Gasteiger partial charge >= 0.3 is 5.69 Å². The number of fused-ring (bicyclic) bond motifs is 2. The minimum absolute atomic E-state index is 0.0997. The van der Waals surface area contributed by atoms with Gasteiger partial charge in [0.15, 0.2) is 0 Å². The third-order valence-electron chi connectivity index (χ3n) is 4.98. The van der Waals surface area contributed by atoms with Gasteiger partial charge in [-0.3, -0.25) is 4.79 Å². The number of benzene rings is 2. The number of hydrogen-bond donors (Lipinski definition) is 3. The lowest BCUT2D eigenvalue weighted by molar-refractivity contribution is 0.162. The molecule has 2 aromatic carbocycles. The summed E-state index contributed by atoms with van der Waals surface area (Å²) in [5, 5.41) is 13.2. The van der Waals surface area contributed by atoms with Gasteiger partial charge in [0, 0.05) is 12.4 Å². The highest BCUT2D eigenvalue weighted by atomic mass is 35.5. The third-order valence-corrected chi connectivity index (χ3v) is 7.07. The molecule has 3 aromatic heterocycles. The first-order valence-electron chi connectivity index (χ1n) is 8.92. The lowest BCUT2D eigenvalue weighted by atomic mass is 10.2. The molecular formula is C19H11ClFN5O5S. The molecule has 0 radical (unpaired) electrons. The Balaban J connectivity index is 1.82. The minimum atomic E-state index is -4.45. The standard InChI is InChI=1S/C19H11ClFN5O5S/c20-12-1-2-15(17-16(12)18(27)26(29)19(28)24-17)32(30,31)10-5-13(21)11-8-23-25(14(11)6-10)9-3-4-22-7-9/h1-8,22,29H,(H,24,28). The van der Waals surface area contributed by atoms with Crippen LogP contribution < -0.4 is 11.2 Å². The number of nitrogens with zero attached hydrogens (tertiary/aromatic N) is 3. The summed E-state index contributed by atoms with van der Waals surface area (Å²) in [6.45, 7) is 0. The fourth-order valence-electron chi connectivity index (χ4n) is 3.47. The van der Waals surface area contributed by atoms with E-state index in [-0.39, 0.29) is 20.7 Å². The van der Waals surface area contributed by atoms with Crippen molar-refractivity contribution < 1.29 is 18.0 Å². The van der Waals surface area contributed by atoms with E-state index in [1.807, 2.05) is 0 Å². The third kappa shape index (κ3) is 2.77. The molecule has 0 aliphatic carbocycles. The second-order valence-electron chi connectivity index (χ2n) is 6.81. The molecule has 32 heavy (non-hydrogen) atoms. The van der Waals surface area contributed by atoms with Crippen LogP contribution in [0.1, 0.15) is 0 Å². The quantitative estimate of drug-likeness (QED) is 0.341. The number of nitrogens with one attached hydrogen (secondary N) is 2. The van der Waals surface area contributed by atoms with E-state index in [1.165, 1.54) is 16.9 Å². The highest BCUT2D eigenvalue weighted by Crippen LogP contribution is 2.32. The Morgan fingerprint density at radius 1 is 1.16 bits per heavy atom. The second-order valence-corrected chi connectivity index (χ2v) is 9.13. The molecule has 0 unspecified atom stereocenters. The monoisotopic (exact) mass is 475 g/mol. The molecule has 0 atom stereocenters. The number of aromatic nitrogens is 5. The molecule has 0 aliphatic heterocycles. The highest BCUT2D eigenvalue weighted by molar-refractivity contribution is 7.91. The molecule has 13 heteroatoms. The number of halogens is 2. The van der Waals surface area contributed by atoms with E-state index < -0.39 is 47.6 Å². The summed E-state index contributed by atoms with van der Waals surface area (Å²) in [7, 11) is -4.45. The Kier molecular flexibility index (Phi) is 4.26. The average Bonchev–Trinajstić information content (AvgIpc) is 3.41. The van der Waals surface area contributed by atoms with Gasteiger partial charge in [-0.05, 0) is 30.3 Å². The van der Waals surface area contributed by atoms with E-state index in [4.69, 9.17) is 11.6 Å². The van der Waals surface area contributed by atoms with Gasteiger partial charge in [-0.25, -0.2) is 22.3 Å². The fourth-order valence-corrected chi connectivity index (χ4v) is 5.15. The summed E-state index contributed by atoms with van der Waals surface area (Å²) in [4.78, 5) is 28.3. The summed E-state index contributed by atoms with van der Waals surface area (Å²) in [6.07, 6.45) is 4.50. The zero-order valence-corrected chi connectivity index (χ0v) is 17.3. The molecule has 10 nitrogen and oxygen atoms in total. The summed E-state index contributed by atoms with van der Waals surface area (Å²) < 4.78 is 42.8. The Hall–Kier alpha value is -3.90. The first kappa shape index (κ1) is 20.0. The first-order valence-corrected chi connectivity index (χ1v) is 10.8. The van der Waals surface area contributed by atoms with Crippen LogP contribution in [0.3, 0.4) is 0 Å². The van der Waals surface area contributed by atoms with Crippen LogP contribution >= 0.6 is 11.6 Å². The van der Waals surface area contributed by atoms with E-state index in [9.17, 15) is 27.6 Å². The van der Waals surface area contributed by atoms with Gasteiger partial charge in [0.2, 0.25) is 9.84 Å². The van der Waals surface area contributed by atoms with Crippen LogP contribution in [0.4, 0.5) is 4.39 Å². The fraction of sp³-hybridized carbons (Fsp3) is 0. The maximum Gasteiger partial charge on any atom is 0.362 e. The van der Waals surface area contributed by atoms with Gasteiger partial charge in [0.05, 0.1) is 48.5 Å². The molecule has 5 aromatic rings. The minimum Gasteiger partial charge on any atom is -0.421 e. The van der Waals surface area contributed by atoms with Crippen molar-refractivity contribution in [2.24, 2.45) is 0 Å². The van der Waals surface area contributed by atoms with Crippen molar-refractivity contribution in [3.05, 3.63) is 80.6 Å². The van der Waals surface area contributed by atoms with Crippen molar-refractivity contribution in [3.63, 3.8) is 0 Å². The Bertz CT molecular complexity index is 1770. The van der Waals surface area contributed by atoms with Gasteiger partial charge in [-0.1, -0.05) is 16.3 Å². The first-order chi connectivity index (χ1) is 15.2. The van der Waals surface area contributed by atoms with E-state index in [0.29, 0.717) is 5.69 Å². The molecule has 0 spiro atoms. The van der Waals surface area contributed by atoms with Gasteiger partial charge in [-0.15, -0.1) is 0 Å². The number of sulfone groups is 1. The van der Waals surface area contributed by atoms with Gasteiger partial charge in [-0.2, -0.15) is 5.10 Å². The van der Waals surface area contributed by atoms with Crippen LogP contribution in [0.2, 0.25) is 5.02 Å². The number of aromatic amines is 2. The van der Waals surface area contributed by atoms with Gasteiger partial charge < -0.3 is 15.2 Å². The van der Waals surface area contributed by atoms with Crippen LogP contribution in [0.15, 0.2) is 68.3 Å². The van der Waals surface area contributed by atoms with Crippen LogP contribution in [-0.2, 0) is 9.84 Å². The molecule has 3 heterocycles. The van der Waals surface area contributed by atoms with Crippen molar-refractivity contribution in [2.45, 2.75) is 9.79 Å². The number of hydrogen-bond acceptors (Lipinski definition) is 6. The molecule has 5 rings (SSSR count). The van der Waals surface area contributed by atoms with Gasteiger partial charge in [0.25, 0.3) is 5.56 Å². The predicted molar refractivity (Wildman–Crippen MR) is 112 cm³/mol. The maximum atomic E-state index is 14.8. The number of rotatable bonds is 3. The largest absolute Gasteiger partial charge is 0.421 e. The molecule has 0 saturated heterocycles. The van der Waals surface area contributed by atoms with Crippen LogP contribution in [0.25, 0.3) is 27.5 Å². The Labute approximate surface area is 182 Å². The molecule has 0 aliphatic rings. The molecular weight excluding hydrogens is 465 g/mol. The van der Waals surface area contributed by atoms with E-state index in [0.717, 1.165) is 18.2 Å². The van der Waals surface area contributed by atoms with Gasteiger partial charge in [0.1, 0.15) is 5.82 Å². The topological polar surface area (TPSA) is 143 Å². The molecule has 3 N–H and O–H groups in total.